The highest BCUT2D eigenvalue weighted by atomic mass is 16.2. The second kappa shape index (κ2) is 5.60. The number of aromatic nitrogens is 3. The highest BCUT2D eigenvalue weighted by Gasteiger charge is 2.38. The molecule has 1 fully saturated rings. The number of carbonyl (C=O) groups excluding carboxylic acids is 2. The van der Waals surface area contributed by atoms with Crippen LogP contribution in [0.25, 0.3) is 0 Å². The summed E-state index contributed by atoms with van der Waals surface area (Å²) in [5.74, 6) is 0.187. The van der Waals surface area contributed by atoms with Gasteiger partial charge in [0.05, 0.1) is 6.54 Å². The minimum atomic E-state index is -0.479. The summed E-state index contributed by atoms with van der Waals surface area (Å²) < 4.78 is 1.58. The van der Waals surface area contributed by atoms with Crippen LogP contribution < -0.4 is 5.32 Å². The predicted molar refractivity (Wildman–Crippen MR) is 72.4 cm³/mol. The number of amides is 2. The molecule has 2 atom stereocenters. The molecule has 1 aromatic rings. The van der Waals surface area contributed by atoms with E-state index in [1.807, 2.05) is 13.8 Å². The molecule has 1 saturated heterocycles. The van der Waals surface area contributed by atoms with E-state index in [1.54, 1.807) is 29.7 Å². The van der Waals surface area contributed by atoms with E-state index in [1.165, 1.54) is 0 Å². The van der Waals surface area contributed by atoms with Crippen LogP contribution in [0.1, 0.15) is 32.9 Å². The number of hydrogen-bond acceptors (Lipinski definition) is 4. The molecule has 2 rings (SSSR count). The average Bonchev–Trinajstić information content (AvgIpc) is 2.77. The van der Waals surface area contributed by atoms with E-state index < -0.39 is 12.1 Å². The largest absolute Gasteiger partial charge is 0.343 e. The molecule has 2 unspecified atom stereocenters. The Bertz CT molecular complexity index is 511. The van der Waals surface area contributed by atoms with E-state index >= 15 is 0 Å². The maximum absolute atomic E-state index is 12.5. The first kappa shape index (κ1) is 14.5. The first-order valence-electron chi connectivity index (χ1n) is 6.84. The summed E-state index contributed by atoms with van der Waals surface area (Å²) in [6.45, 7) is 6.11. The van der Waals surface area contributed by atoms with Crippen molar-refractivity contribution in [1.29, 1.82) is 0 Å². The molecule has 1 aromatic heterocycles. The molecule has 0 spiro atoms. The Morgan fingerprint density at radius 2 is 2.10 bits per heavy atom. The molecule has 0 aliphatic carbocycles. The molecule has 7 nitrogen and oxygen atoms in total. The molecule has 0 bridgehead atoms. The van der Waals surface area contributed by atoms with Gasteiger partial charge in [0.15, 0.2) is 0 Å². The van der Waals surface area contributed by atoms with Gasteiger partial charge in [0.25, 0.3) is 0 Å². The number of hydrogen-bond donors (Lipinski definition) is 1. The van der Waals surface area contributed by atoms with Crippen LogP contribution in [-0.4, -0.2) is 43.8 Å². The molecule has 110 valence electrons. The van der Waals surface area contributed by atoms with Gasteiger partial charge in [-0.1, -0.05) is 19.1 Å². The van der Waals surface area contributed by atoms with Crippen molar-refractivity contribution in [2.45, 2.75) is 45.8 Å². The fourth-order valence-electron chi connectivity index (χ4n) is 2.37. The summed E-state index contributed by atoms with van der Waals surface area (Å²) in [7, 11) is 1.77. The van der Waals surface area contributed by atoms with Gasteiger partial charge in [0.1, 0.15) is 17.8 Å². The van der Waals surface area contributed by atoms with Gasteiger partial charge in [-0.15, -0.1) is 5.10 Å². The lowest BCUT2D eigenvalue weighted by Gasteiger charge is -2.37. The third-order valence-corrected chi connectivity index (χ3v) is 3.43. The third kappa shape index (κ3) is 2.97. The van der Waals surface area contributed by atoms with Crippen LogP contribution in [-0.2, 0) is 23.2 Å². The second-order valence-electron chi connectivity index (χ2n) is 5.72. The Balaban J connectivity index is 2.15. The van der Waals surface area contributed by atoms with Crippen LogP contribution in [0.5, 0.6) is 0 Å². The minimum Gasteiger partial charge on any atom is -0.343 e. The van der Waals surface area contributed by atoms with Crippen molar-refractivity contribution < 1.29 is 9.59 Å². The van der Waals surface area contributed by atoms with Crippen molar-refractivity contribution in [2.24, 2.45) is 13.0 Å². The summed E-state index contributed by atoms with van der Waals surface area (Å²) in [6, 6.07) is -0.914. The molecule has 2 heterocycles. The van der Waals surface area contributed by atoms with E-state index in [0.717, 1.165) is 0 Å². The summed E-state index contributed by atoms with van der Waals surface area (Å²) >= 11 is 0. The lowest BCUT2D eigenvalue weighted by molar-refractivity contribution is -0.149. The van der Waals surface area contributed by atoms with Crippen LogP contribution in [0.2, 0.25) is 0 Å². The first-order chi connectivity index (χ1) is 9.38. The predicted octanol–water partition coefficient (Wildman–Crippen LogP) is 0.0767. The number of aryl methyl sites for hydroxylation is 1. The van der Waals surface area contributed by atoms with Crippen LogP contribution in [0, 0.1) is 5.92 Å². The minimum absolute atomic E-state index is 0.0450. The van der Waals surface area contributed by atoms with Crippen LogP contribution >= 0.6 is 0 Å². The molecule has 1 aliphatic rings. The Morgan fingerprint density at radius 1 is 1.40 bits per heavy atom. The van der Waals surface area contributed by atoms with E-state index in [4.69, 9.17) is 0 Å². The van der Waals surface area contributed by atoms with Gasteiger partial charge in [-0.3, -0.25) is 14.3 Å². The first-order valence-corrected chi connectivity index (χ1v) is 6.84. The number of nitrogens with one attached hydrogen (secondary N) is 1. The molecule has 0 saturated carbocycles. The van der Waals surface area contributed by atoms with Crippen LogP contribution in [0.15, 0.2) is 6.20 Å². The summed E-state index contributed by atoms with van der Waals surface area (Å²) in [5, 5.41) is 10.6. The van der Waals surface area contributed by atoms with E-state index in [-0.39, 0.29) is 11.8 Å². The van der Waals surface area contributed by atoms with E-state index in [0.29, 0.717) is 24.6 Å². The molecule has 1 aliphatic heterocycles. The van der Waals surface area contributed by atoms with Gasteiger partial charge in [-0.25, -0.2) is 0 Å². The number of rotatable bonds is 4. The fourth-order valence-corrected chi connectivity index (χ4v) is 2.37. The Labute approximate surface area is 118 Å². The van der Waals surface area contributed by atoms with Gasteiger partial charge in [0, 0.05) is 13.2 Å². The summed E-state index contributed by atoms with van der Waals surface area (Å²) in [6.07, 6.45) is 2.40. The van der Waals surface area contributed by atoms with Crippen molar-refractivity contribution in [3.05, 3.63) is 11.9 Å². The summed E-state index contributed by atoms with van der Waals surface area (Å²) in [4.78, 5) is 26.1. The van der Waals surface area contributed by atoms with Crippen molar-refractivity contribution in [3.8, 4) is 0 Å². The SMILES string of the molecule is CC(C)CC1NC(=O)C(C)N(Cc2cn(C)nn2)C1=O. The van der Waals surface area contributed by atoms with Gasteiger partial charge in [-0.05, 0) is 19.3 Å². The zero-order valence-electron chi connectivity index (χ0n) is 12.3. The zero-order chi connectivity index (χ0) is 14.9. The van der Waals surface area contributed by atoms with E-state index in [2.05, 4.69) is 15.6 Å². The van der Waals surface area contributed by atoms with Crippen LogP contribution in [0.4, 0.5) is 0 Å². The normalized spacial score (nSPS) is 23.4. The van der Waals surface area contributed by atoms with Crippen LogP contribution in [0.3, 0.4) is 0 Å². The van der Waals surface area contributed by atoms with Gasteiger partial charge in [-0.2, -0.15) is 0 Å². The zero-order valence-corrected chi connectivity index (χ0v) is 12.3. The molecule has 7 heteroatoms. The highest BCUT2D eigenvalue weighted by Crippen LogP contribution is 2.17. The number of carbonyl (C=O) groups is 2. The number of piperazine rings is 1. The standard InChI is InChI=1S/C13H21N5O2/c1-8(2)5-11-13(20)18(9(3)12(19)14-11)7-10-6-17(4)16-15-10/h6,8-9,11H,5,7H2,1-4H3,(H,14,19). The molecule has 0 radical (unpaired) electrons. The molecular formula is C13H21N5O2. The Morgan fingerprint density at radius 3 is 2.65 bits per heavy atom. The topological polar surface area (TPSA) is 80.1 Å². The summed E-state index contributed by atoms with van der Waals surface area (Å²) in [5.41, 5.74) is 0.686. The van der Waals surface area contributed by atoms with E-state index in [9.17, 15) is 9.59 Å². The fraction of sp³-hybridized carbons (Fsp3) is 0.692. The molecule has 20 heavy (non-hydrogen) atoms. The molecule has 2 amide bonds. The Kier molecular flexibility index (Phi) is 4.06. The lowest BCUT2D eigenvalue weighted by Crippen LogP contribution is -2.62. The maximum Gasteiger partial charge on any atom is 0.246 e. The molecule has 0 aromatic carbocycles. The smallest absolute Gasteiger partial charge is 0.246 e. The van der Waals surface area contributed by atoms with Crippen molar-refractivity contribution in [3.63, 3.8) is 0 Å². The third-order valence-electron chi connectivity index (χ3n) is 3.43. The average molecular weight is 279 g/mol. The number of nitrogens with zero attached hydrogens (tertiary/aromatic N) is 4. The highest BCUT2D eigenvalue weighted by molar-refractivity contribution is 5.96. The molecular weight excluding hydrogens is 258 g/mol. The van der Waals surface area contributed by atoms with Crippen molar-refractivity contribution in [1.82, 2.24) is 25.2 Å². The second-order valence-corrected chi connectivity index (χ2v) is 5.72. The van der Waals surface area contributed by atoms with Gasteiger partial charge in [0.2, 0.25) is 11.8 Å². The molecule has 1 N–H and O–H groups in total. The van der Waals surface area contributed by atoms with Crippen molar-refractivity contribution in [2.75, 3.05) is 0 Å². The monoisotopic (exact) mass is 279 g/mol. The maximum atomic E-state index is 12.5. The lowest BCUT2D eigenvalue weighted by atomic mass is 9.99. The quantitative estimate of drug-likeness (QED) is 0.846. The van der Waals surface area contributed by atoms with Gasteiger partial charge < -0.3 is 10.2 Å². The van der Waals surface area contributed by atoms with Crippen molar-refractivity contribution >= 4 is 11.8 Å². The Hall–Kier alpha value is -1.92. The van der Waals surface area contributed by atoms with Gasteiger partial charge >= 0.3 is 0 Å².